The Morgan fingerprint density at radius 2 is 1.78 bits per heavy atom. The number of aromatic amines is 1. The molecule has 124 valence electrons. The van der Waals surface area contributed by atoms with Crippen LogP contribution in [0.4, 0.5) is 0 Å². The number of hydrogen-bond donors (Lipinski definition) is 1. The molecule has 1 aromatic heterocycles. The number of aryl methyl sites for hydroxylation is 1. The third-order valence-corrected chi connectivity index (χ3v) is 5.37. The Labute approximate surface area is 139 Å². The maximum absolute atomic E-state index is 12.8. The van der Waals surface area contributed by atoms with E-state index in [0.717, 1.165) is 29.6 Å². The molecule has 0 bridgehead atoms. The Hall–Kier alpha value is -1.77. The van der Waals surface area contributed by atoms with Crippen LogP contribution in [0, 0.1) is 6.92 Å². The number of carbonyl (C=O) groups excluding carboxylic acids is 1. The van der Waals surface area contributed by atoms with Gasteiger partial charge in [0.25, 0.3) is 0 Å². The van der Waals surface area contributed by atoms with Gasteiger partial charge in [0.1, 0.15) is 0 Å². The second-order valence-corrected chi connectivity index (χ2v) is 6.95. The van der Waals surface area contributed by atoms with Gasteiger partial charge in [-0.1, -0.05) is 50.3 Å². The smallest absolute Gasteiger partial charge is 0.227 e. The molecule has 3 nitrogen and oxygen atoms in total. The van der Waals surface area contributed by atoms with Crippen LogP contribution < -0.4 is 0 Å². The zero-order valence-electron chi connectivity index (χ0n) is 14.4. The SMILES string of the molecule is Cc1[nH]c2ccccc2c1CC(=O)N(C)C1CCCCCCC1. The molecular formula is C20H28N2O. The highest BCUT2D eigenvalue weighted by atomic mass is 16.2. The maximum atomic E-state index is 12.8. The molecule has 1 amide bonds. The van der Waals surface area contributed by atoms with E-state index in [9.17, 15) is 4.79 Å². The highest BCUT2D eigenvalue weighted by Crippen LogP contribution is 2.25. The topological polar surface area (TPSA) is 36.1 Å². The summed E-state index contributed by atoms with van der Waals surface area (Å²) in [7, 11) is 2.00. The molecule has 0 aliphatic heterocycles. The van der Waals surface area contributed by atoms with Crippen molar-refractivity contribution in [1.82, 2.24) is 9.88 Å². The fourth-order valence-electron chi connectivity index (χ4n) is 3.86. The summed E-state index contributed by atoms with van der Waals surface area (Å²) in [5.41, 5.74) is 3.40. The minimum absolute atomic E-state index is 0.253. The van der Waals surface area contributed by atoms with E-state index >= 15 is 0 Å². The van der Waals surface area contributed by atoms with Crippen molar-refractivity contribution in [2.45, 2.75) is 64.3 Å². The van der Waals surface area contributed by atoms with Crippen molar-refractivity contribution in [1.29, 1.82) is 0 Å². The molecule has 23 heavy (non-hydrogen) atoms. The summed E-state index contributed by atoms with van der Waals surface area (Å²) in [6, 6.07) is 8.69. The van der Waals surface area contributed by atoms with Gasteiger partial charge in [-0.2, -0.15) is 0 Å². The van der Waals surface area contributed by atoms with E-state index in [1.165, 1.54) is 37.5 Å². The van der Waals surface area contributed by atoms with Gasteiger partial charge >= 0.3 is 0 Å². The molecule has 1 aromatic carbocycles. The molecule has 1 heterocycles. The average Bonchev–Trinajstić information content (AvgIpc) is 2.82. The van der Waals surface area contributed by atoms with Gasteiger partial charge in [0, 0.05) is 29.7 Å². The Kier molecular flexibility index (Phi) is 5.04. The van der Waals surface area contributed by atoms with Gasteiger partial charge in [-0.15, -0.1) is 0 Å². The maximum Gasteiger partial charge on any atom is 0.227 e. The summed E-state index contributed by atoms with van der Waals surface area (Å²) in [5, 5.41) is 1.18. The van der Waals surface area contributed by atoms with Crippen molar-refractivity contribution in [2.75, 3.05) is 7.05 Å². The number of hydrogen-bond acceptors (Lipinski definition) is 1. The number of rotatable bonds is 3. The quantitative estimate of drug-likeness (QED) is 0.884. The molecule has 1 saturated carbocycles. The Balaban J connectivity index is 1.73. The molecular weight excluding hydrogens is 284 g/mol. The number of para-hydroxylation sites is 1. The molecule has 2 aromatic rings. The van der Waals surface area contributed by atoms with E-state index in [1.807, 2.05) is 24.1 Å². The lowest BCUT2D eigenvalue weighted by Gasteiger charge is -2.30. The molecule has 0 atom stereocenters. The zero-order valence-corrected chi connectivity index (χ0v) is 14.4. The fourth-order valence-corrected chi connectivity index (χ4v) is 3.86. The molecule has 1 aliphatic rings. The number of aromatic nitrogens is 1. The Morgan fingerprint density at radius 3 is 2.52 bits per heavy atom. The van der Waals surface area contributed by atoms with Crippen molar-refractivity contribution >= 4 is 16.8 Å². The van der Waals surface area contributed by atoms with E-state index in [-0.39, 0.29) is 5.91 Å². The monoisotopic (exact) mass is 312 g/mol. The van der Waals surface area contributed by atoms with Gasteiger partial charge in [0.15, 0.2) is 0 Å². The van der Waals surface area contributed by atoms with Crippen molar-refractivity contribution in [3.8, 4) is 0 Å². The number of benzene rings is 1. The number of nitrogens with zero attached hydrogens (tertiary/aromatic N) is 1. The summed E-state index contributed by atoms with van der Waals surface area (Å²) >= 11 is 0. The van der Waals surface area contributed by atoms with Gasteiger partial charge in [-0.25, -0.2) is 0 Å². The first-order chi connectivity index (χ1) is 11.2. The summed E-state index contributed by atoms with van der Waals surface area (Å²) in [6.45, 7) is 2.07. The molecule has 1 fully saturated rings. The molecule has 0 spiro atoms. The van der Waals surface area contributed by atoms with Gasteiger partial charge in [-0.05, 0) is 31.4 Å². The Morgan fingerprint density at radius 1 is 1.13 bits per heavy atom. The third kappa shape index (κ3) is 3.60. The number of nitrogens with one attached hydrogen (secondary N) is 1. The van der Waals surface area contributed by atoms with Crippen molar-refractivity contribution in [3.05, 3.63) is 35.5 Å². The van der Waals surface area contributed by atoms with Crippen LogP contribution in [0.15, 0.2) is 24.3 Å². The third-order valence-electron chi connectivity index (χ3n) is 5.37. The van der Waals surface area contributed by atoms with Crippen molar-refractivity contribution in [2.24, 2.45) is 0 Å². The minimum Gasteiger partial charge on any atom is -0.358 e. The lowest BCUT2D eigenvalue weighted by molar-refractivity contribution is -0.131. The van der Waals surface area contributed by atoms with E-state index < -0.39 is 0 Å². The van der Waals surface area contributed by atoms with Gasteiger partial charge < -0.3 is 9.88 Å². The van der Waals surface area contributed by atoms with Crippen LogP contribution >= 0.6 is 0 Å². The summed E-state index contributed by atoms with van der Waals surface area (Å²) in [5.74, 6) is 0.253. The lowest BCUT2D eigenvalue weighted by Crippen LogP contribution is -2.38. The molecule has 0 unspecified atom stereocenters. The van der Waals surface area contributed by atoms with Crippen LogP contribution in [0.1, 0.15) is 56.2 Å². The predicted molar refractivity (Wildman–Crippen MR) is 95.6 cm³/mol. The van der Waals surface area contributed by atoms with E-state index in [4.69, 9.17) is 0 Å². The second kappa shape index (κ2) is 7.20. The van der Waals surface area contributed by atoms with E-state index in [2.05, 4.69) is 24.0 Å². The van der Waals surface area contributed by atoms with Gasteiger partial charge in [0.2, 0.25) is 5.91 Å². The molecule has 1 aliphatic carbocycles. The Bertz CT molecular complexity index is 665. The highest BCUT2D eigenvalue weighted by molar-refractivity contribution is 5.90. The molecule has 0 saturated heterocycles. The molecule has 3 heteroatoms. The van der Waals surface area contributed by atoms with Gasteiger partial charge in [-0.3, -0.25) is 4.79 Å². The normalized spacial score (nSPS) is 17.0. The number of H-pyrrole nitrogens is 1. The number of amides is 1. The largest absolute Gasteiger partial charge is 0.358 e. The molecule has 1 N–H and O–H groups in total. The highest BCUT2D eigenvalue weighted by Gasteiger charge is 2.22. The summed E-state index contributed by atoms with van der Waals surface area (Å²) in [4.78, 5) is 18.2. The molecule has 3 rings (SSSR count). The van der Waals surface area contributed by atoms with Crippen LogP contribution in [0.25, 0.3) is 10.9 Å². The zero-order chi connectivity index (χ0) is 16.2. The van der Waals surface area contributed by atoms with Gasteiger partial charge in [0.05, 0.1) is 6.42 Å². The second-order valence-electron chi connectivity index (χ2n) is 6.95. The number of likely N-dealkylation sites (N-methyl/N-ethyl adjacent to an activating group) is 1. The van der Waals surface area contributed by atoms with Crippen LogP contribution in [-0.2, 0) is 11.2 Å². The number of fused-ring (bicyclic) bond motifs is 1. The summed E-state index contributed by atoms with van der Waals surface area (Å²) < 4.78 is 0. The van der Waals surface area contributed by atoms with E-state index in [1.54, 1.807) is 0 Å². The first-order valence-electron chi connectivity index (χ1n) is 8.98. The van der Waals surface area contributed by atoms with Crippen LogP contribution in [0.3, 0.4) is 0 Å². The van der Waals surface area contributed by atoms with Crippen molar-refractivity contribution in [3.63, 3.8) is 0 Å². The minimum atomic E-state index is 0.253. The fraction of sp³-hybridized carbons (Fsp3) is 0.550. The first-order valence-corrected chi connectivity index (χ1v) is 8.98. The first kappa shape index (κ1) is 16.1. The van der Waals surface area contributed by atoms with Crippen LogP contribution in [0.5, 0.6) is 0 Å². The summed E-state index contributed by atoms with van der Waals surface area (Å²) in [6.07, 6.45) is 9.34. The number of carbonyl (C=O) groups is 1. The van der Waals surface area contributed by atoms with E-state index in [0.29, 0.717) is 12.5 Å². The van der Waals surface area contributed by atoms with Crippen molar-refractivity contribution < 1.29 is 4.79 Å². The molecule has 0 radical (unpaired) electrons. The lowest BCUT2D eigenvalue weighted by atomic mass is 9.95. The predicted octanol–water partition coefficient (Wildman–Crippen LogP) is 4.59. The van der Waals surface area contributed by atoms with Crippen LogP contribution in [0.2, 0.25) is 0 Å². The average molecular weight is 312 g/mol. The standard InChI is InChI=1S/C20H28N2O/c1-15-18(17-12-8-9-13-19(17)21-15)14-20(23)22(2)16-10-6-4-3-5-7-11-16/h8-9,12-13,16,21H,3-7,10-11,14H2,1-2H3. The van der Waals surface area contributed by atoms with Crippen LogP contribution in [-0.4, -0.2) is 28.9 Å².